The third kappa shape index (κ3) is 35.5. The summed E-state index contributed by atoms with van der Waals surface area (Å²) in [5.74, 6) is -0.918. The molecule has 11 atom stereocenters. The molecule has 2 fully saturated rings. The minimum atomic E-state index is -1.76. The van der Waals surface area contributed by atoms with Crippen molar-refractivity contribution in [3.8, 4) is 0 Å². The first-order valence-electron chi connectivity index (χ1n) is 31.4. The zero-order valence-corrected chi connectivity index (χ0v) is 48.5. The van der Waals surface area contributed by atoms with E-state index in [1.807, 2.05) is 0 Å². The Balaban J connectivity index is 1.72. The second-order valence-corrected chi connectivity index (χ2v) is 22.2. The van der Waals surface area contributed by atoms with Crippen LogP contribution in [-0.2, 0) is 38.0 Å². The van der Waals surface area contributed by atoms with E-state index in [0.29, 0.717) is 12.8 Å². The minimum absolute atomic E-state index is 0.166. The number of aliphatic hydroxyl groups excluding tert-OH is 7. The molecular formula is C62H114O15. The molecule has 0 aliphatic carbocycles. The topological polar surface area (TPSA) is 231 Å². The lowest BCUT2D eigenvalue weighted by Gasteiger charge is -2.42. The summed E-state index contributed by atoms with van der Waals surface area (Å²) in [6, 6.07) is 0. The van der Waals surface area contributed by atoms with Crippen LogP contribution in [0.25, 0.3) is 0 Å². The van der Waals surface area contributed by atoms with Gasteiger partial charge in [0.1, 0.15) is 55.4 Å². The van der Waals surface area contributed by atoms with E-state index in [-0.39, 0.29) is 26.1 Å². The van der Waals surface area contributed by atoms with Gasteiger partial charge in [-0.1, -0.05) is 212 Å². The lowest BCUT2D eigenvalue weighted by molar-refractivity contribution is -0.332. The number of esters is 2. The monoisotopic (exact) mass is 1100 g/mol. The van der Waals surface area contributed by atoms with Crippen LogP contribution in [0, 0.1) is 0 Å². The van der Waals surface area contributed by atoms with Gasteiger partial charge in [-0.15, -0.1) is 0 Å². The number of aliphatic hydroxyl groups is 7. The highest BCUT2D eigenvalue weighted by Gasteiger charge is 2.47. The van der Waals surface area contributed by atoms with Crippen molar-refractivity contribution in [2.75, 3.05) is 26.4 Å². The zero-order valence-electron chi connectivity index (χ0n) is 48.5. The molecule has 0 aromatic carbocycles. The average Bonchev–Trinajstić information content (AvgIpc) is 3.43. The van der Waals surface area contributed by atoms with Gasteiger partial charge in [0, 0.05) is 12.8 Å². The summed E-state index contributed by atoms with van der Waals surface area (Å²) in [6.45, 7) is 2.64. The van der Waals surface area contributed by atoms with Crippen LogP contribution in [0.5, 0.6) is 0 Å². The zero-order chi connectivity index (χ0) is 56.0. The molecule has 0 aromatic rings. The summed E-state index contributed by atoms with van der Waals surface area (Å²) in [4.78, 5) is 26.0. The number of rotatable bonds is 51. The van der Waals surface area contributed by atoms with Crippen molar-refractivity contribution in [3.63, 3.8) is 0 Å². The fourth-order valence-corrected chi connectivity index (χ4v) is 10.0. The van der Waals surface area contributed by atoms with Gasteiger partial charge in [-0.25, -0.2) is 0 Å². The average molecular weight is 1100 g/mol. The molecule has 7 N–H and O–H groups in total. The van der Waals surface area contributed by atoms with Gasteiger partial charge in [0.15, 0.2) is 18.7 Å². The van der Waals surface area contributed by atoms with Crippen LogP contribution in [0.2, 0.25) is 0 Å². The molecule has 0 bridgehead atoms. The number of carbonyl (C=O) groups is 2. The predicted octanol–water partition coefficient (Wildman–Crippen LogP) is 11.4. The van der Waals surface area contributed by atoms with Gasteiger partial charge in [0.05, 0.1) is 19.8 Å². The first-order chi connectivity index (χ1) is 37.5. The maximum atomic E-state index is 13.1. The van der Waals surface area contributed by atoms with E-state index in [4.69, 9.17) is 28.4 Å². The summed E-state index contributed by atoms with van der Waals surface area (Å²) in [5, 5.41) is 72.4. The van der Waals surface area contributed by atoms with E-state index in [1.54, 1.807) is 0 Å². The number of carbonyl (C=O) groups excluding carboxylic acids is 2. The largest absolute Gasteiger partial charge is 0.462 e. The smallest absolute Gasteiger partial charge is 0.306 e. The second-order valence-electron chi connectivity index (χ2n) is 22.2. The summed E-state index contributed by atoms with van der Waals surface area (Å²) in [7, 11) is 0. The molecule has 0 amide bonds. The van der Waals surface area contributed by atoms with E-state index < -0.39 is 92.7 Å². The van der Waals surface area contributed by atoms with Crippen LogP contribution in [0.1, 0.15) is 264 Å². The lowest BCUT2D eigenvalue weighted by atomic mass is 9.98. The van der Waals surface area contributed by atoms with E-state index in [0.717, 1.165) is 44.9 Å². The summed E-state index contributed by atoms with van der Waals surface area (Å²) in [6.07, 6.45) is 37.7. The maximum absolute atomic E-state index is 13.1. The number of ether oxygens (including phenoxy) is 6. The van der Waals surface area contributed by atoms with E-state index in [2.05, 4.69) is 38.2 Å². The third-order valence-corrected chi connectivity index (χ3v) is 15.2. The Morgan fingerprint density at radius 3 is 1.14 bits per heavy atom. The molecule has 15 heteroatoms. The van der Waals surface area contributed by atoms with E-state index >= 15 is 0 Å². The Morgan fingerprint density at radius 2 is 0.740 bits per heavy atom. The number of hydrogen-bond acceptors (Lipinski definition) is 15. The van der Waals surface area contributed by atoms with Crippen LogP contribution in [-0.4, -0.2) is 142 Å². The highest BCUT2D eigenvalue weighted by molar-refractivity contribution is 5.70. The molecule has 0 radical (unpaired) electrons. The SMILES string of the molecule is CCCCCCCCC/C=C\CCCCCCCCCC(=O)OCC(COC1OC(COC2OC(CO)C(O)C(O)C2O)C(O)C(O)C1O)OC(=O)CCCCCCCCCCCCC/C=C\CCCCCCCCCC. The second kappa shape index (κ2) is 48.7. The molecule has 2 saturated heterocycles. The Hall–Kier alpha value is -2.02. The molecule has 11 unspecified atom stereocenters. The molecule has 15 nitrogen and oxygen atoms in total. The van der Waals surface area contributed by atoms with Crippen LogP contribution in [0.4, 0.5) is 0 Å². The highest BCUT2D eigenvalue weighted by atomic mass is 16.7. The molecule has 2 heterocycles. The molecule has 77 heavy (non-hydrogen) atoms. The van der Waals surface area contributed by atoms with E-state index in [1.165, 1.54) is 180 Å². The van der Waals surface area contributed by atoms with Gasteiger partial charge in [0.25, 0.3) is 0 Å². The van der Waals surface area contributed by atoms with Crippen molar-refractivity contribution in [2.45, 2.75) is 332 Å². The highest BCUT2D eigenvalue weighted by Crippen LogP contribution is 2.27. The van der Waals surface area contributed by atoms with Gasteiger partial charge < -0.3 is 64.2 Å². The van der Waals surface area contributed by atoms with Crippen molar-refractivity contribution >= 4 is 11.9 Å². The van der Waals surface area contributed by atoms with Crippen LogP contribution in [0.15, 0.2) is 24.3 Å². The van der Waals surface area contributed by atoms with Crippen molar-refractivity contribution in [1.29, 1.82) is 0 Å². The fraction of sp³-hybridized carbons (Fsp3) is 0.903. The molecule has 0 spiro atoms. The molecule has 2 aliphatic heterocycles. The summed E-state index contributed by atoms with van der Waals surface area (Å²) in [5.41, 5.74) is 0. The lowest BCUT2D eigenvalue weighted by Crippen LogP contribution is -2.61. The number of allylic oxidation sites excluding steroid dienone is 4. The Bertz CT molecular complexity index is 1430. The minimum Gasteiger partial charge on any atom is -0.462 e. The summed E-state index contributed by atoms with van der Waals surface area (Å²) >= 11 is 0. The van der Waals surface area contributed by atoms with Crippen molar-refractivity contribution < 1.29 is 73.8 Å². The van der Waals surface area contributed by atoms with Crippen LogP contribution >= 0.6 is 0 Å². The number of hydrogen-bond donors (Lipinski definition) is 7. The first kappa shape index (κ1) is 71.1. The quantitative estimate of drug-likeness (QED) is 0.0171. The first-order valence-corrected chi connectivity index (χ1v) is 31.4. The van der Waals surface area contributed by atoms with Gasteiger partial charge in [0.2, 0.25) is 0 Å². The molecule has 2 aliphatic rings. The maximum Gasteiger partial charge on any atom is 0.306 e. The predicted molar refractivity (Wildman–Crippen MR) is 303 cm³/mol. The standard InChI is InChI=1S/C62H114O15/c1-3-5-7-9-11-13-15-17-19-21-23-24-25-26-27-29-31-33-35-37-39-41-43-45-54(65)75-50(47-72-53(64)44-42-40-38-36-34-32-30-28-22-20-18-16-14-12-10-8-6-4-2)48-73-61-60(71)58(69)56(67)52(77-61)49-74-62-59(70)57(68)55(66)51(46-63)76-62/h20-23,50-52,55-63,66-71H,3-19,24-49H2,1-2H3/b22-20-,23-21-. The summed E-state index contributed by atoms with van der Waals surface area (Å²) < 4.78 is 33.8. The molecule has 0 saturated carbocycles. The van der Waals surface area contributed by atoms with Gasteiger partial charge >= 0.3 is 11.9 Å². The molecular weight excluding hydrogens is 985 g/mol. The van der Waals surface area contributed by atoms with Crippen LogP contribution < -0.4 is 0 Å². The van der Waals surface area contributed by atoms with E-state index in [9.17, 15) is 45.3 Å². The Labute approximate surface area is 466 Å². The Kier molecular flexibility index (Phi) is 44.9. The van der Waals surface area contributed by atoms with Gasteiger partial charge in [-0.3, -0.25) is 9.59 Å². The Morgan fingerprint density at radius 1 is 0.403 bits per heavy atom. The van der Waals surface area contributed by atoms with Gasteiger partial charge in [-0.2, -0.15) is 0 Å². The van der Waals surface area contributed by atoms with Crippen molar-refractivity contribution in [2.24, 2.45) is 0 Å². The molecule has 0 aromatic heterocycles. The normalized spacial score (nSPS) is 24.3. The van der Waals surface area contributed by atoms with Crippen molar-refractivity contribution in [1.82, 2.24) is 0 Å². The van der Waals surface area contributed by atoms with Gasteiger partial charge in [-0.05, 0) is 64.2 Å². The molecule has 2 rings (SSSR count). The molecule has 452 valence electrons. The fourth-order valence-electron chi connectivity index (χ4n) is 10.0. The van der Waals surface area contributed by atoms with Crippen molar-refractivity contribution in [3.05, 3.63) is 24.3 Å². The third-order valence-electron chi connectivity index (χ3n) is 15.2. The number of unbranched alkanes of at least 4 members (excludes halogenated alkanes) is 33. The van der Waals surface area contributed by atoms with Crippen LogP contribution in [0.3, 0.4) is 0 Å².